The second kappa shape index (κ2) is 5.74. The summed E-state index contributed by atoms with van der Waals surface area (Å²) in [6.07, 6.45) is 6.37. The third kappa shape index (κ3) is 2.70. The SMILES string of the molecule is CCNC(c1cccc(OC2CC2)c1)C1(OC)CCC1. The fraction of sp³-hybridized carbons (Fsp3) is 0.647. The van der Waals surface area contributed by atoms with Crippen LogP contribution in [0.1, 0.15) is 50.6 Å². The Morgan fingerprint density at radius 2 is 2.15 bits per heavy atom. The van der Waals surface area contributed by atoms with Crippen molar-refractivity contribution in [1.82, 2.24) is 5.32 Å². The highest BCUT2D eigenvalue weighted by atomic mass is 16.5. The molecule has 3 nitrogen and oxygen atoms in total. The van der Waals surface area contributed by atoms with E-state index >= 15 is 0 Å². The Labute approximate surface area is 121 Å². The zero-order valence-electron chi connectivity index (χ0n) is 12.5. The Balaban J connectivity index is 1.82. The number of rotatable bonds is 7. The van der Waals surface area contributed by atoms with E-state index in [0.717, 1.165) is 25.1 Å². The van der Waals surface area contributed by atoms with Gasteiger partial charge in [0.2, 0.25) is 0 Å². The van der Waals surface area contributed by atoms with Gasteiger partial charge in [-0.15, -0.1) is 0 Å². The third-order valence-electron chi connectivity index (χ3n) is 4.56. The van der Waals surface area contributed by atoms with Crippen molar-refractivity contribution in [3.8, 4) is 5.75 Å². The molecule has 2 aliphatic rings. The number of benzene rings is 1. The van der Waals surface area contributed by atoms with Crippen molar-refractivity contribution in [2.75, 3.05) is 13.7 Å². The Bertz CT molecular complexity index is 447. The molecule has 2 saturated carbocycles. The second-order valence-corrected chi connectivity index (χ2v) is 6.00. The molecule has 0 spiro atoms. The summed E-state index contributed by atoms with van der Waals surface area (Å²) < 4.78 is 11.8. The highest BCUT2D eigenvalue weighted by molar-refractivity contribution is 5.33. The van der Waals surface area contributed by atoms with Crippen LogP contribution in [0.2, 0.25) is 0 Å². The number of nitrogens with one attached hydrogen (secondary N) is 1. The van der Waals surface area contributed by atoms with Crippen LogP contribution < -0.4 is 10.1 Å². The standard InChI is InChI=1S/C17H25NO2/c1-3-18-16(17(19-2)10-5-11-17)13-6-4-7-15(12-13)20-14-8-9-14/h4,6-7,12,14,16,18H,3,5,8-11H2,1-2H3. The first-order valence-corrected chi connectivity index (χ1v) is 7.82. The van der Waals surface area contributed by atoms with Gasteiger partial charge in [0.25, 0.3) is 0 Å². The molecule has 1 aromatic rings. The van der Waals surface area contributed by atoms with Gasteiger partial charge in [-0.3, -0.25) is 0 Å². The average molecular weight is 275 g/mol. The number of ether oxygens (including phenoxy) is 2. The molecule has 1 atom stereocenters. The minimum Gasteiger partial charge on any atom is -0.490 e. The maximum absolute atomic E-state index is 5.92. The average Bonchev–Trinajstić information content (AvgIpc) is 3.21. The van der Waals surface area contributed by atoms with Gasteiger partial charge in [-0.05, 0) is 56.3 Å². The summed E-state index contributed by atoms with van der Waals surface area (Å²) in [5, 5.41) is 3.61. The summed E-state index contributed by atoms with van der Waals surface area (Å²) >= 11 is 0. The zero-order valence-corrected chi connectivity index (χ0v) is 12.5. The lowest BCUT2D eigenvalue weighted by atomic mass is 9.72. The molecule has 1 N–H and O–H groups in total. The Hall–Kier alpha value is -1.06. The van der Waals surface area contributed by atoms with Crippen molar-refractivity contribution in [1.29, 1.82) is 0 Å². The predicted octanol–water partition coefficient (Wildman–Crippen LogP) is 3.45. The monoisotopic (exact) mass is 275 g/mol. The topological polar surface area (TPSA) is 30.5 Å². The first-order chi connectivity index (χ1) is 9.77. The molecular weight excluding hydrogens is 250 g/mol. The van der Waals surface area contributed by atoms with Crippen molar-refractivity contribution < 1.29 is 9.47 Å². The zero-order chi connectivity index (χ0) is 14.0. The lowest BCUT2D eigenvalue weighted by Crippen LogP contribution is -2.50. The number of hydrogen-bond donors (Lipinski definition) is 1. The molecule has 2 fully saturated rings. The van der Waals surface area contributed by atoms with Crippen LogP contribution in [0.4, 0.5) is 0 Å². The molecule has 0 aliphatic heterocycles. The van der Waals surface area contributed by atoms with Crippen molar-refractivity contribution in [3.63, 3.8) is 0 Å². The van der Waals surface area contributed by atoms with Crippen LogP contribution in [-0.2, 0) is 4.74 Å². The molecular formula is C17H25NO2. The highest BCUT2D eigenvalue weighted by Crippen LogP contribution is 2.45. The van der Waals surface area contributed by atoms with E-state index in [1.807, 2.05) is 7.11 Å². The van der Waals surface area contributed by atoms with E-state index in [4.69, 9.17) is 9.47 Å². The molecule has 0 amide bonds. The first-order valence-electron chi connectivity index (χ1n) is 7.82. The maximum atomic E-state index is 5.92. The summed E-state index contributed by atoms with van der Waals surface area (Å²) in [6.45, 7) is 3.10. The van der Waals surface area contributed by atoms with Crippen LogP contribution in [-0.4, -0.2) is 25.4 Å². The van der Waals surface area contributed by atoms with Gasteiger partial charge in [0.15, 0.2) is 0 Å². The van der Waals surface area contributed by atoms with E-state index in [0.29, 0.717) is 6.10 Å². The molecule has 0 aromatic heterocycles. The van der Waals surface area contributed by atoms with Gasteiger partial charge in [0.1, 0.15) is 5.75 Å². The molecule has 2 aliphatic carbocycles. The fourth-order valence-corrected chi connectivity index (χ4v) is 3.09. The van der Waals surface area contributed by atoms with Crippen molar-refractivity contribution in [2.45, 2.75) is 56.8 Å². The van der Waals surface area contributed by atoms with Crippen LogP contribution >= 0.6 is 0 Å². The Morgan fingerprint density at radius 1 is 1.35 bits per heavy atom. The van der Waals surface area contributed by atoms with Crippen LogP contribution in [0.3, 0.4) is 0 Å². The number of hydrogen-bond acceptors (Lipinski definition) is 3. The van der Waals surface area contributed by atoms with Gasteiger partial charge >= 0.3 is 0 Å². The lowest BCUT2D eigenvalue weighted by Gasteiger charge is -2.47. The summed E-state index contributed by atoms with van der Waals surface area (Å²) in [6, 6.07) is 8.79. The van der Waals surface area contributed by atoms with Crippen LogP contribution in [0.5, 0.6) is 5.75 Å². The molecule has 0 radical (unpaired) electrons. The van der Waals surface area contributed by atoms with Gasteiger partial charge < -0.3 is 14.8 Å². The van der Waals surface area contributed by atoms with Crippen molar-refractivity contribution in [3.05, 3.63) is 29.8 Å². The molecule has 3 heteroatoms. The van der Waals surface area contributed by atoms with Crippen LogP contribution in [0, 0.1) is 0 Å². The van der Waals surface area contributed by atoms with E-state index in [1.54, 1.807) is 0 Å². The minimum absolute atomic E-state index is 0.0335. The first kappa shape index (κ1) is 13.9. The van der Waals surface area contributed by atoms with E-state index in [1.165, 1.54) is 24.8 Å². The highest BCUT2D eigenvalue weighted by Gasteiger charge is 2.45. The van der Waals surface area contributed by atoms with E-state index in [2.05, 4.69) is 36.5 Å². The summed E-state index contributed by atoms with van der Waals surface area (Å²) in [5.74, 6) is 0.999. The largest absolute Gasteiger partial charge is 0.490 e. The Kier molecular flexibility index (Phi) is 3.99. The van der Waals surface area contributed by atoms with Crippen molar-refractivity contribution >= 4 is 0 Å². The summed E-state index contributed by atoms with van der Waals surface area (Å²) in [5.41, 5.74) is 1.25. The quantitative estimate of drug-likeness (QED) is 0.827. The molecule has 0 bridgehead atoms. The molecule has 1 aromatic carbocycles. The van der Waals surface area contributed by atoms with Gasteiger partial charge in [-0.2, -0.15) is 0 Å². The molecule has 20 heavy (non-hydrogen) atoms. The van der Waals surface area contributed by atoms with Gasteiger partial charge in [0.05, 0.1) is 17.7 Å². The summed E-state index contributed by atoms with van der Waals surface area (Å²) in [7, 11) is 1.84. The molecule has 0 saturated heterocycles. The fourth-order valence-electron chi connectivity index (χ4n) is 3.09. The van der Waals surface area contributed by atoms with E-state index in [9.17, 15) is 0 Å². The molecule has 110 valence electrons. The van der Waals surface area contributed by atoms with Crippen LogP contribution in [0.15, 0.2) is 24.3 Å². The summed E-state index contributed by atoms with van der Waals surface area (Å²) in [4.78, 5) is 0. The predicted molar refractivity (Wildman–Crippen MR) is 80.1 cm³/mol. The van der Waals surface area contributed by atoms with E-state index < -0.39 is 0 Å². The second-order valence-electron chi connectivity index (χ2n) is 6.00. The normalized spacial score (nSPS) is 22.1. The minimum atomic E-state index is -0.0335. The van der Waals surface area contributed by atoms with Gasteiger partial charge in [-0.25, -0.2) is 0 Å². The van der Waals surface area contributed by atoms with Crippen molar-refractivity contribution in [2.24, 2.45) is 0 Å². The maximum Gasteiger partial charge on any atom is 0.120 e. The molecule has 1 unspecified atom stereocenters. The van der Waals surface area contributed by atoms with E-state index in [-0.39, 0.29) is 11.6 Å². The van der Waals surface area contributed by atoms with Gasteiger partial charge in [-0.1, -0.05) is 19.1 Å². The van der Waals surface area contributed by atoms with Crippen LogP contribution in [0.25, 0.3) is 0 Å². The third-order valence-corrected chi connectivity index (χ3v) is 4.56. The Morgan fingerprint density at radius 3 is 2.70 bits per heavy atom. The number of likely N-dealkylation sites (N-methyl/N-ethyl adjacent to an activating group) is 1. The lowest BCUT2D eigenvalue weighted by molar-refractivity contribution is -0.0995. The number of methoxy groups -OCH3 is 1. The molecule has 3 rings (SSSR count). The molecule has 0 heterocycles. The smallest absolute Gasteiger partial charge is 0.120 e. The van der Waals surface area contributed by atoms with Gasteiger partial charge in [0, 0.05) is 7.11 Å².